The zero-order chi connectivity index (χ0) is 17.6. The lowest BCUT2D eigenvalue weighted by Gasteiger charge is -2.22. The van der Waals surface area contributed by atoms with Crippen molar-refractivity contribution in [3.05, 3.63) is 65.2 Å². The van der Waals surface area contributed by atoms with Crippen molar-refractivity contribution in [1.29, 1.82) is 0 Å². The first-order valence-electron chi connectivity index (χ1n) is 8.59. The molecule has 0 saturated heterocycles. The van der Waals surface area contributed by atoms with E-state index >= 15 is 0 Å². The van der Waals surface area contributed by atoms with Crippen LogP contribution in [-0.2, 0) is 11.2 Å². The Kier molecular flexibility index (Phi) is 5.79. The van der Waals surface area contributed by atoms with E-state index in [-0.39, 0.29) is 11.9 Å². The van der Waals surface area contributed by atoms with Gasteiger partial charge in [-0.05, 0) is 12.1 Å². The molecular weight excluding hydrogens is 330 g/mol. The van der Waals surface area contributed by atoms with E-state index in [1.807, 2.05) is 36.4 Å². The van der Waals surface area contributed by atoms with E-state index in [0.29, 0.717) is 19.4 Å². The quantitative estimate of drug-likeness (QED) is 0.683. The standard InChI is InChI=1S/C20H23N3OS/c1-23(2)17(15-8-4-3-5-9-15)14-21-19(24)12-13-20-22-16-10-6-7-11-18(16)25-20/h3-11,17H,12-14H2,1-2H3,(H,21,24)/p+1/t17-/m0/s1. The van der Waals surface area contributed by atoms with Crippen molar-refractivity contribution < 1.29 is 9.69 Å². The molecule has 4 nitrogen and oxygen atoms in total. The van der Waals surface area contributed by atoms with Crippen molar-refractivity contribution in [1.82, 2.24) is 10.3 Å². The van der Waals surface area contributed by atoms with Crippen molar-refractivity contribution in [3.63, 3.8) is 0 Å². The van der Waals surface area contributed by atoms with Gasteiger partial charge < -0.3 is 10.2 Å². The minimum atomic E-state index is 0.0847. The van der Waals surface area contributed by atoms with Gasteiger partial charge >= 0.3 is 0 Å². The molecule has 1 heterocycles. The fraction of sp³-hybridized carbons (Fsp3) is 0.300. The highest BCUT2D eigenvalue weighted by Gasteiger charge is 2.18. The van der Waals surface area contributed by atoms with Crippen LogP contribution in [-0.4, -0.2) is 31.5 Å². The molecule has 0 saturated carbocycles. The number of amides is 1. The first kappa shape index (κ1) is 17.6. The molecule has 0 aliphatic heterocycles. The van der Waals surface area contributed by atoms with Crippen LogP contribution >= 0.6 is 11.3 Å². The maximum atomic E-state index is 12.2. The number of carbonyl (C=O) groups excluding carboxylic acids is 1. The molecule has 1 amide bonds. The average molecular weight is 354 g/mol. The minimum Gasteiger partial charge on any atom is -0.350 e. The summed E-state index contributed by atoms with van der Waals surface area (Å²) in [5, 5.41) is 4.11. The van der Waals surface area contributed by atoms with Gasteiger partial charge in [0.2, 0.25) is 5.91 Å². The lowest BCUT2D eigenvalue weighted by Crippen LogP contribution is -3.07. The van der Waals surface area contributed by atoms with Crippen LogP contribution in [0.3, 0.4) is 0 Å². The van der Waals surface area contributed by atoms with Gasteiger partial charge in [-0.1, -0.05) is 42.5 Å². The number of carbonyl (C=O) groups is 1. The second-order valence-electron chi connectivity index (χ2n) is 6.42. The predicted octanol–water partition coefficient (Wildman–Crippen LogP) is 2.23. The first-order valence-corrected chi connectivity index (χ1v) is 9.41. The fourth-order valence-electron chi connectivity index (χ4n) is 2.89. The van der Waals surface area contributed by atoms with Gasteiger partial charge in [0.1, 0.15) is 6.04 Å². The van der Waals surface area contributed by atoms with E-state index in [1.165, 1.54) is 15.2 Å². The van der Waals surface area contributed by atoms with Crippen LogP contribution in [0.25, 0.3) is 10.2 Å². The molecule has 1 aromatic heterocycles. The summed E-state index contributed by atoms with van der Waals surface area (Å²) in [7, 11) is 4.23. The van der Waals surface area contributed by atoms with Crippen molar-refractivity contribution in [2.45, 2.75) is 18.9 Å². The number of likely N-dealkylation sites (N-methyl/N-ethyl adjacent to an activating group) is 1. The lowest BCUT2D eigenvalue weighted by molar-refractivity contribution is -0.890. The molecule has 3 aromatic rings. The van der Waals surface area contributed by atoms with Gasteiger partial charge in [-0.2, -0.15) is 0 Å². The minimum absolute atomic E-state index is 0.0847. The molecule has 0 unspecified atom stereocenters. The van der Waals surface area contributed by atoms with Crippen LogP contribution in [0, 0.1) is 0 Å². The summed E-state index contributed by atoms with van der Waals surface area (Å²) in [4.78, 5) is 18.1. The van der Waals surface area contributed by atoms with Crippen LogP contribution < -0.4 is 10.2 Å². The normalized spacial score (nSPS) is 12.4. The number of quaternary nitrogens is 1. The molecule has 25 heavy (non-hydrogen) atoms. The molecule has 130 valence electrons. The second kappa shape index (κ2) is 8.23. The van der Waals surface area contributed by atoms with E-state index in [0.717, 1.165) is 10.5 Å². The number of aromatic nitrogens is 1. The van der Waals surface area contributed by atoms with Gasteiger partial charge in [-0.25, -0.2) is 4.98 Å². The van der Waals surface area contributed by atoms with Gasteiger partial charge in [0, 0.05) is 18.4 Å². The Hall–Kier alpha value is -2.24. The zero-order valence-corrected chi connectivity index (χ0v) is 15.5. The first-order chi connectivity index (χ1) is 12.1. The van der Waals surface area contributed by atoms with Crippen LogP contribution in [0.15, 0.2) is 54.6 Å². The lowest BCUT2D eigenvalue weighted by atomic mass is 10.1. The summed E-state index contributed by atoms with van der Waals surface area (Å²) in [6.07, 6.45) is 1.17. The highest BCUT2D eigenvalue weighted by atomic mass is 32.1. The molecule has 0 aliphatic rings. The third-order valence-corrected chi connectivity index (χ3v) is 5.40. The summed E-state index contributed by atoms with van der Waals surface area (Å²) in [6.45, 7) is 0.644. The van der Waals surface area contributed by atoms with Gasteiger partial charge in [0.15, 0.2) is 0 Å². The van der Waals surface area contributed by atoms with Crippen molar-refractivity contribution in [3.8, 4) is 0 Å². The number of nitrogens with one attached hydrogen (secondary N) is 2. The second-order valence-corrected chi connectivity index (χ2v) is 7.54. The van der Waals surface area contributed by atoms with E-state index in [1.54, 1.807) is 11.3 Å². The summed E-state index contributed by atoms with van der Waals surface area (Å²) in [5.74, 6) is 0.0847. The maximum Gasteiger partial charge on any atom is 0.220 e. The Balaban J connectivity index is 1.53. The van der Waals surface area contributed by atoms with E-state index in [4.69, 9.17) is 0 Å². The number of nitrogens with zero attached hydrogens (tertiary/aromatic N) is 1. The third-order valence-electron chi connectivity index (χ3n) is 4.31. The summed E-state index contributed by atoms with van der Waals surface area (Å²) in [5.41, 5.74) is 2.26. The molecule has 0 fully saturated rings. The molecular formula is C20H24N3OS+. The number of thiazole rings is 1. The molecule has 1 atom stereocenters. The molecule has 2 aromatic carbocycles. The van der Waals surface area contributed by atoms with Gasteiger partial charge in [-0.15, -0.1) is 11.3 Å². The topological polar surface area (TPSA) is 46.4 Å². The Morgan fingerprint density at radius 3 is 2.56 bits per heavy atom. The third kappa shape index (κ3) is 4.65. The SMILES string of the molecule is C[NH+](C)[C@@H](CNC(=O)CCc1nc2ccccc2s1)c1ccccc1. The largest absolute Gasteiger partial charge is 0.350 e. The number of benzene rings is 2. The Labute approximate surface area is 152 Å². The average Bonchev–Trinajstić information content (AvgIpc) is 3.04. The predicted molar refractivity (Wildman–Crippen MR) is 103 cm³/mol. The van der Waals surface area contributed by atoms with E-state index in [2.05, 4.69) is 42.6 Å². The number of rotatable bonds is 7. The summed E-state index contributed by atoms with van der Waals surface area (Å²) >= 11 is 1.67. The highest BCUT2D eigenvalue weighted by Crippen LogP contribution is 2.22. The molecule has 0 aliphatic carbocycles. The molecule has 2 N–H and O–H groups in total. The van der Waals surface area contributed by atoms with Crippen LogP contribution in [0.2, 0.25) is 0 Å². The number of aryl methyl sites for hydroxylation is 1. The number of fused-ring (bicyclic) bond motifs is 1. The number of para-hydroxylation sites is 1. The molecule has 5 heteroatoms. The number of hydrogen-bond acceptors (Lipinski definition) is 3. The van der Waals surface area contributed by atoms with E-state index < -0.39 is 0 Å². The summed E-state index contributed by atoms with van der Waals surface area (Å²) < 4.78 is 1.18. The van der Waals surface area contributed by atoms with Gasteiger partial charge in [-0.3, -0.25) is 4.79 Å². The van der Waals surface area contributed by atoms with Crippen LogP contribution in [0.1, 0.15) is 23.0 Å². The maximum absolute atomic E-state index is 12.2. The van der Waals surface area contributed by atoms with E-state index in [9.17, 15) is 4.79 Å². The van der Waals surface area contributed by atoms with Crippen molar-refractivity contribution >= 4 is 27.5 Å². The fourth-order valence-corrected chi connectivity index (χ4v) is 3.86. The van der Waals surface area contributed by atoms with Crippen LogP contribution in [0.5, 0.6) is 0 Å². The van der Waals surface area contributed by atoms with Gasteiger partial charge in [0.05, 0.1) is 35.9 Å². The zero-order valence-electron chi connectivity index (χ0n) is 14.7. The Bertz CT molecular complexity index is 796. The molecule has 3 rings (SSSR count). The molecule has 0 radical (unpaired) electrons. The monoisotopic (exact) mass is 354 g/mol. The highest BCUT2D eigenvalue weighted by molar-refractivity contribution is 7.18. The van der Waals surface area contributed by atoms with Crippen LogP contribution in [0.4, 0.5) is 0 Å². The number of hydrogen-bond donors (Lipinski definition) is 2. The van der Waals surface area contributed by atoms with Crippen molar-refractivity contribution in [2.24, 2.45) is 0 Å². The Morgan fingerprint density at radius 2 is 1.84 bits per heavy atom. The summed E-state index contributed by atoms with van der Waals surface area (Å²) in [6, 6.07) is 18.7. The molecule has 0 spiro atoms. The Morgan fingerprint density at radius 1 is 1.12 bits per heavy atom. The van der Waals surface area contributed by atoms with Gasteiger partial charge in [0.25, 0.3) is 0 Å². The molecule has 0 bridgehead atoms. The smallest absolute Gasteiger partial charge is 0.220 e. The van der Waals surface area contributed by atoms with Crippen molar-refractivity contribution in [2.75, 3.05) is 20.6 Å².